The van der Waals surface area contributed by atoms with E-state index in [1.807, 2.05) is 6.92 Å². The van der Waals surface area contributed by atoms with Crippen LogP contribution in [0.5, 0.6) is 5.75 Å². The van der Waals surface area contributed by atoms with Crippen molar-refractivity contribution in [2.24, 2.45) is 5.92 Å². The number of hydrogen-bond acceptors (Lipinski definition) is 3. The van der Waals surface area contributed by atoms with E-state index in [-0.39, 0.29) is 18.4 Å². The number of aryl methyl sites for hydroxylation is 1. The Morgan fingerprint density at radius 2 is 2.26 bits per heavy atom. The Kier molecular flexibility index (Phi) is 4.32. The van der Waals surface area contributed by atoms with Crippen LogP contribution in [0.2, 0.25) is 5.02 Å². The number of aliphatic hydroxyl groups is 1. The van der Waals surface area contributed by atoms with Crippen molar-refractivity contribution < 1.29 is 14.6 Å². The number of carbonyl (C=O) groups excluding carboxylic acids is 1. The topological polar surface area (TPSA) is 49.8 Å². The van der Waals surface area contributed by atoms with Gasteiger partial charge in [-0.05, 0) is 37.6 Å². The van der Waals surface area contributed by atoms with E-state index in [0.717, 1.165) is 5.56 Å². The van der Waals surface area contributed by atoms with Gasteiger partial charge in [0.25, 0.3) is 5.91 Å². The first-order chi connectivity index (χ1) is 9.01. The lowest BCUT2D eigenvalue weighted by Crippen LogP contribution is -2.54. The molecule has 0 aliphatic carbocycles. The highest BCUT2D eigenvalue weighted by Gasteiger charge is 2.33. The van der Waals surface area contributed by atoms with Crippen molar-refractivity contribution in [1.29, 1.82) is 0 Å². The Balaban J connectivity index is 1.93. The van der Waals surface area contributed by atoms with Gasteiger partial charge in [0.1, 0.15) is 5.75 Å². The number of ether oxygens (including phenoxy) is 1. The van der Waals surface area contributed by atoms with Crippen LogP contribution >= 0.6 is 11.6 Å². The molecule has 0 bridgehead atoms. The average molecular weight is 284 g/mol. The van der Waals surface area contributed by atoms with Gasteiger partial charge in [0.05, 0.1) is 0 Å². The molecule has 1 aromatic carbocycles. The Morgan fingerprint density at radius 3 is 2.84 bits per heavy atom. The van der Waals surface area contributed by atoms with Crippen molar-refractivity contribution in [2.45, 2.75) is 20.0 Å². The summed E-state index contributed by atoms with van der Waals surface area (Å²) in [6.45, 7) is 4.99. The van der Waals surface area contributed by atoms with E-state index < -0.39 is 6.10 Å². The first-order valence-corrected chi connectivity index (χ1v) is 6.71. The van der Waals surface area contributed by atoms with Gasteiger partial charge in [0, 0.05) is 30.6 Å². The second kappa shape index (κ2) is 5.80. The minimum atomic E-state index is -0.528. The molecule has 0 spiro atoms. The van der Waals surface area contributed by atoms with E-state index in [2.05, 4.69) is 0 Å². The van der Waals surface area contributed by atoms with Crippen LogP contribution < -0.4 is 4.74 Å². The molecule has 1 heterocycles. The van der Waals surface area contributed by atoms with Gasteiger partial charge in [-0.3, -0.25) is 4.79 Å². The maximum absolute atomic E-state index is 12.1. The molecule has 1 aliphatic rings. The van der Waals surface area contributed by atoms with Crippen molar-refractivity contribution in [3.8, 4) is 5.75 Å². The van der Waals surface area contributed by atoms with Gasteiger partial charge in [-0.1, -0.05) is 11.6 Å². The van der Waals surface area contributed by atoms with Crippen LogP contribution in [0.3, 0.4) is 0 Å². The van der Waals surface area contributed by atoms with Gasteiger partial charge in [-0.15, -0.1) is 0 Å². The second-order valence-electron chi connectivity index (χ2n) is 4.96. The molecule has 1 amide bonds. The Bertz CT molecular complexity index is 472. The summed E-state index contributed by atoms with van der Waals surface area (Å²) in [6.07, 6.45) is -0.528. The zero-order chi connectivity index (χ0) is 14.0. The fourth-order valence-electron chi connectivity index (χ4n) is 2.11. The predicted octanol–water partition coefficient (Wildman–Crippen LogP) is 1.87. The quantitative estimate of drug-likeness (QED) is 0.918. The summed E-state index contributed by atoms with van der Waals surface area (Å²) in [5.74, 6) is 0.844. The highest BCUT2D eigenvalue weighted by atomic mass is 35.5. The van der Waals surface area contributed by atoms with Crippen LogP contribution in [0.4, 0.5) is 0 Å². The van der Waals surface area contributed by atoms with E-state index in [9.17, 15) is 4.79 Å². The Morgan fingerprint density at radius 1 is 1.58 bits per heavy atom. The molecule has 0 aromatic heterocycles. The number of benzene rings is 1. The monoisotopic (exact) mass is 283 g/mol. The van der Waals surface area contributed by atoms with Crippen molar-refractivity contribution in [3.63, 3.8) is 0 Å². The molecule has 0 radical (unpaired) electrons. The number of likely N-dealkylation sites (tertiary alicyclic amines) is 1. The fourth-order valence-corrected chi connectivity index (χ4v) is 2.33. The van der Waals surface area contributed by atoms with E-state index in [1.54, 1.807) is 30.0 Å². The lowest BCUT2D eigenvalue weighted by molar-refractivity contribution is -0.145. The van der Waals surface area contributed by atoms with E-state index in [1.165, 1.54) is 0 Å². The molecule has 0 saturated carbocycles. The number of rotatable bonds is 4. The summed E-state index contributed by atoms with van der Waals surface area (Å²) in [4.78, 5) is 13.8. The minimum Gasteiger partial charge on any atom is -0.481 e. The number of halogens is 1. The van der Waals surface area contributed by atoms with Crippen molar-refractivity contribution in [1.82, 2.24) is 4.90 Å². The van der Waals surface area contributed by atoms with E-state index in [0.29, 0.717) is 23.9 Å². The van der Waals surface area contributed by atoms with Gasteiger partial charge in [-0.2, -0.15) is 0 Å². The first kappa shape index (κ1) is 14.2. The minimum absolute atomic E-state index is 0.0425. The maximum atomic E-state index is 12.1. The molecule has 1 N–H and O–H groups in total. The van der Waals surface area contributed by atoms with Crippen LogP contribution in [0.25, 0.3) is 0 Å². The number of nitrogens with zero attached hydrogens (tertiary/aromatic N) is 1. The largest absolute Gasteiger partial charge is 0.481 e. The Labute approximate surface area is 117 Å². The van der Waals surface area contributed by atoms with Gasteiger partial charge in [-0.25, -0.2) is 0 Å². The lowest BCUT2D eigenvalue weighted by Gasteiger charge is -2.39. The summed E-state index contributed by atoms with van der Waals surface area (Å²) in [5.41, 5.74) is 0.906. The number of hydrogen-bond donors (Lipinski definition) is 1. The molecule has 1 aromatic rings. The molecule has 1 unspecified atom stereocenters. The third-order valence-electron chi connectivity index (χ3n) is 3.32. The van der Waals surface area contributed by atoms with E-state index in [4.69, 9.17) is 21.4 Å². The zero-order valence-electron chi connectivity index (χ0n) is 11.1. The third-order valence-corrected chi connectivity index (χ3v) is 3.55. The van der Waals surface area contributed by atoms with Crippen LogP contribution in [-0.2, 0) is 4.79 Å². The smallest absolute Gasteiger partial charge is 0.263 e. The van der Waals surface area contributed by atoms with Crippen LogP contribution in [0, 0.1) is 12.8 Å². The van der Waals surface area contributed by atoms with Crippen molar-refractivity contribution in [3.05, 3.63) is 28.8 Å². The zero-order valence-corrected chi connectivity index (χ0v) is 11.9. The molecule has 4 nitrogen and oxygen atoms in total. The molecular formula is C14H18ClNO3. The molecule has 5 heteroatoms. The molecule has 104 valence electrons. The fraction of sp³-hybridized carbons (Fsp3) is 0.500. The third kappa shape index (κ3) is 3.19. The second-order valence-corrected chi connectivity index (χ2v) is 5.40. The van der Waals surface area contributed by atoms with Gasteiger partial charge in [0.2, 0.25) is 0 Å². The SMILES string of the molecule is Cc1cc(Cl)ccc1OC(C)C(=O)N1CC(CO)C1. The van der Waals surface area contributed by atoms with Crippen LogP contribution in [0.15, 0.2) is 18.2 Å². The number of carbonyl (C=O) groups is 1. The lowest BCUT2D eigenvalue weighted by atomic mass is 10.0. The highest BCUT2D eigenvalue weighted by Crippen LogP contribution is 2.24. The molecule has 1 saturated heterocycles. The molecule has 2 rings (SSSR count). The Hall–Kier alpha value is -1.26. The summed E-state index contributed by atoms with van der Waals surface area (Å²) in [6, 6.07) is 5.32. The van der Waals surface area contributed by atoms with Crippen LogP contribution in [0.1, 0.15) is 12.5 Å². The standard InChI is InChI=1S/C14H18ClNO3/c1-9-5-12(15)3-4-13(9)19-10(2)14(18)16-6-11(7-16)8-17/h3-5,10-11,17H,6-8H2,1-2H3. The van der Waals surface area contributed by atoms with E-state index >= 15 is 0 Å². The van der Waals surface area contributed by atoms with Gasteiger partial charge >= 0.3 is 0 Å². The van der Waals surface area contributed by atoms with Crippen molar-refractivity contribution in [2.75, 3.05) is 19.7 Å². The summed E-state index contributed by atoms with van der Waals surface area (Å²) in [7, 11) is 0. The molecule has 1 aliphatic heterocycles. The van der Waals surface area contributed by atoms with Gasteiger partial charge < -0.3 is 14.7 Å². The number of amides is 1. The van der Waals surface area contributed by atoms with Crippen LogP contribution in [-0.4, -0.2) is 41.7 Å². The van der Waals surface area contributed by atoms with Gasteiger partial charge in [0.15, 0.2) is 6.10 Å². The summed E-state index contributed by atoms with van der Waals surface area (Å²) in [5, 5.41) is 9.59. The van der Waals surface area contributed by atoms with Crippen molar-refractivity contribution >= 4 is 17.5 Å². The molecule has 19 heavy (non-hydrogen) atoms. The molecular weight excluding hydrogens is 266 g/mol. The average Bonchev–Trinajstić information content (AvgIpc) is 2.31. The number of aliphatic hydroxyl groups excluding tert-OH is 1. The summed E-state index contributed by atoms with van der Waals surface area (Å²) < 4.78 is 5.68. The molecule has 1 atom stereocenters. The summed E-state index contributed by atoms with van der Waals surface area (Å²) >= 11 is 5.88. The maximum Gasteiger partial charge on any atom is 0.263 e. The highest BCUT2D eigenvalue weighted by molar-refractivity contribution is 6.30. The molecule has 1 fully saturated rings. The normalized spacial score (nSPS) is 16.9. The first-order valence-electron chi connectivity index (χ1n) is 6.33. The predicted molar refractivity (Wildman–Crippen MR) is 73.4 cm³/mol.